The standard InChI is InChI=1S/C14H17N3OS/c1-16(2)13(18)11-7-5-9-17(11)14-15-10-6-3-4-8-12(10)19-14/h3-4,6,8,11H,5,7,9H2,1-2H3. The number of aromatic nitrogens is 1. The van der Waals surface area contributed by atoms with Crippen molar-refractivity contribution in [1.29, 1.82) is 0 Å². The number of amides is 1. The predicted octanol–water partition coefficient (Wildman–Crippen LogP) is 2.35. The number of carbonyl (C=O) groups is 1. The number of fused-ring (bicyclic) bond motifs is 1. The number of thiazole rings is 1. The number of hydrogen-bond acceptors (Lipinski definition) is 4. The molecular formula is C14H17N3OS. The number of rotatable bonds is 2. The predicted molar refractivity (Wildman–Crippen MR) is 78.7 cm³/mol. The highest BCUT2D eigenvalue weighted by atomic mass is 32.1. The smallest absolute Gasteiger partial charge is 0.244 e. The van der Waals surface area contributed by atoms with E-state index in [9.17, 15) is 4.79 Å². The first-order chi connectivity index (χ1) is 9.16. The molecule has 0 aliphatic carbocycles. The number of nitrogens with zero attached hydrogens (tertiary/aromatic N) is 3. The Hall–Kier alpha value is -1.62. The van der Waals surface area contributed by atoms with Crippen LogP contribution in [0.3, 0.4) is 0 Å². The summed E-state index contributed by atoms with van der Waals surface area (Å²) in [5.41, 5.74) is 1.02. The molecule has 0 bridgehead atoms. The van der Waals surface area contributed by atoms with E-state index >= 15 is 0 Å². The van der Waals surface area contributed by atoms with Gasteiger partial charge >= 0.3 is 0 Å². The minimum absolute atomic E-state index is 0.0458. The zero-order valence-corrected chi connectivity index (χ0v) is 12.0. The van der Waals surface area contributed by atoms with E-state index in [0.717, 1.165) is 30.0 Å². The van der Waals surface area contributed by atoms with Crippen molar-refractivity contribution < 1.29 is 4.79 Å². The molecule has 0 radical (unpaired) electrons. The summed E-state index contributed by atoms with van der Waals surface area (Å²) < 4.78 is 1.18. The van der Waals surface area contributed by atoms with Crippen LogP contribution in [-0.4, -0.2) is 42.5 Å². The Kier molecular flexibility index (Phi) is 3.14. The van der Waals surface area contributed by atoms with Crippen LogP contribution in [0.15, 0.2) is 24.3 Å². The SMILES string of the molecule is CN(C)C(=O)C1CCCN1c1nc2ccccc2s1. The third-order valence-electron chi connectivity index (χ3n) is 3.51. The van der Waals surface area contributed by atoms with Gasteiger partial charge in [-0.25, -0.2) is 4.98 Å². The van der Waals surface area contributed by atoms with Crippen molar-refractivity contribution in [3.05, 3.63) is 24.3 Å². The Labute approximate surface area is 116 Å². The van der Waals surface area contributed by atoms with Crippen LogP contribution in [0.2, 0.25) is 0 Å². The van der Waals surface area contributed by atoms with Gasteiger partial charge in [0.25, 0.3) is 0 Å². The third kappa shape index (κ3) is 2.18. The van der Waals surface area contributed by atoms with Crippen LogP contribution in [0.5, 0.6) is 0 Å². The van der Waals surface area contributed by atoms with Crippen molar-refractivity contribution in [2.45, 2.75) is 18.9 Å². The van der Waals surface area contributed by atoms with Gasteiger partial charge in [0.15, 0.2) is 5.13 Å². The zero-order valence-electron chi connectivity index (χ0n) is 11.2. The van der Waals surface area contributed by atoms with E-state index in [4.69, 9.17) is 0 Å². The lowest BCUT2D eigenvalue weighted by Gasteiger charge is -2.25. The zero-order chi connectivity index (χ0) is 13.4. The molecule has 0 saturated carbocycles. The molecule has 3 rings (SSSR count). The molecule has 1 amide bonds. The fraction of sp³-hybridized carbons (Fsp3) is 0.429. The third-order valence-corrected chi connectivity index (χ3v) is 4.58. The maximum Gasteiger partial charge on any atom is 0.244 e. The molecule has 0 spiro atoms. The number of carbonyl (C=O) groups excluding carboxylic acids is 1. The number of hydrogen-bond donors (Lipinski definition) is 0. The van der Waals surface area contributed by atoms with Gasteiger partial charge in [-0.3, -0.25) is 4.79 Å². The van der Waals surface area contributed by atoms with Gasteiger partial charge in [-0.05, 0) is 25.0 Å². The molecule has 1 aliphatic heterocycles. The summed E-state index contributed by atoms with van der Waals surface area (Å²) in [4.78, 5) is 20.7. The van der Waals surface area contributed by atoms with Crippen molar-refractivity contribution >= 4 is 32.6 Å². The van der Waals surface area contributed by atoms with Gasteiger partial charge in [-0.1, -0.05) is 23.5 Å². The van der Waals surface area contributed by atoms with Gasteiger partial charge in [0.1, 0.15) is 6.04 Å². The van der Waals surface area contributed by atoms with Crippen LogP contribution in [0.4, 0.5) is 5.13 Å². The molecule has 2 heterocycles. The van der Waals surface area contributed by atoms with E-state index in [2.05, 4.69) is 16.0 Å². The second-order valence-corrected chi connectivity index (χ2v) is 6.06. The Balaban J connectivity index is 1.93. The maximum atomic E-state index is 12.2. The van der Waals surface area contributed by atoms with E-state index in [1.54, 1.807) is 16.2 Å². The summed E-state index contributed by atoms with van der Waals surface area (Å²) in [6, 6.07) is 8.08. The van der Waals surface area contributed by atoms with Crippen LogP contribution >= 0.6 is 11.3 Å². The largest absolute Gasteiger partial charge is 0.347 e. The monoisotopic (exact) mass is 275 g/mol. The summed E-state index contributed by atoms with van der Waals surface area (Å²) >= 11 is 1.67. The lowest BCUT2D eigenvalue weighted by atomic mass is 10.2. The molecule has 1 unspecified atom stereocenters. The summed E-state index contributed by atoms with van der Waals surface area (Å²) in [5.74, 6) is 0.178. The molecule has 1 aromatic heterocycles. The van der Waals surface area contributed by atoms with Crippen LogP contribution in [0.1, 0.15) is 12.8 Å². The molecule has 1 fully saturated rings. The molecule has 1 aromatic carbocycles. The second-order valence-electron chi connectivity index (χ2n) is 5.05. The normalized spacial score (nSPS) is 19.1. The molecule has 19 heavy (non-hydrogen) atoms. The van der Waals surface area contributed by atoms with E-state index in [0.29, 0.717) is 0 Å². The minimum Gasteiger partial charge on any atom is -0.347 e. The molecule has 0 N–H and O–H groups in total. The van der Waals surface area contributed by atoms with Gasteiger partial charge < -0.3 is 9.80 Å². The van der Waals surface area contributed by atoms with Crippen LogP contribution in [-0.2, 0) is 4.79 Å². The molecule has 100 valence electrons. The Morgan fingerprint density at radius 2 is 2.21 bits per heavy atom. The molecule has 1 aliphatic rings. The van der Waals surface area contributed by atoms with Crippen LogP contribution in [0, 0.1) is 0 Å². The van der Waals surface area contributed by atoms with Crippen LogP contribution in [0.25, 0.3) is 10.2 Å². The lowest BCUT2D eigenvalue weighted by Crippen LogP contribution is -2.42. The van der Waals surface area contributed by atoms with Crippen molar-refractivity contribution in [1.82, 2.24) is 9.88 Å². The minimum atomic E-state index is -0.0458. The molecule has 4 nitrogen and oxygen atoms in total. The van der Waals surface area contributed by atoms with E-state index in [1.807, 2.05) is 32.3 Å². The Morgan fingerprint density at radius 3 is 2.95 bits per heavy atom. The number of benzene rings is 1. The molecule has 2 aromatic rings. The quantitative estimate of drug-likeness (QED) is 0.844. The highest BCUT2D eigenvalue weighted by Gasteiger charge is 2.33. The first-order valence-corrected chi connectivity index (χ1v) is 7.32. The first-order valence-electron chi connectivity index (χ1n) is 6.50. The summed E-state index contributed by atoms with van der Waals surface area (Å²) in [5, 5.41) is 0.971. The van der Waals surface area contributed by atoms with Gasteiger partial charge in [0, 0.05) is 20.6 Å². The van der Waals surface area contributed by atoms with E-state index in [1.165, 1.54) is 4.70 Å². The topological polar surface area (TPSA) is 36.4 Å². The van der Waals surface area contributed by atoms with E-state index in [-0.39, 0.29) is 11.9 Å². The van der Waals surface area contributed by atoms with Crippen LogP contribution < -0.4 is 4.90 Å². The fourth-order valence-corrected chi connectivity index (χ4v) is 3.57. The van der Waals surface area contributed by atoms with Gasteiger partial charge in [0.05, 0.1) is 10.2 Å². The highest BCUT2D eigenvalue weighted by molar-refractivity contribution is 7.22. The average molecular weight is 275 g/mol. The van der Waals surface area contributed by atoms with Crippen molar-refractivity contribution in [2.24, 2.45) is 0 Å². The van der Waals surface area contributed by atoms with Gasteiger partial charge in [0.2, 0.25) is 5.91 Å². The molecular weight excluding hydrogens is 258 g/mol. The number of likely N-dealkylation sites (N-methyl/N-ethyl adjacent to an activating group) is 1. The fourth-order valence-electron chi connectivity index (χ4n) is 2.53. The summed E-state index contributed by atoms with van der Waals surface area (Å²) in [6.07, 6.45) is 1.98. The highest BCUT2D eigenvalue weighted by Crippen LogP contribution is 2.33. The first kappa shape index (κ1) is 12.4. The number of anilines is 1. The molecule has 1 atom stereocenters. The Morgan fingerprint density at radius 1 is 1.42 bits per heavy atom. The van der Waals surface area contributed by atoms with Crippen molar-refractivity contribution in [3.63, 3.8) is 0 Å². The average Bonchev–Trinajstić information content (AvgIpc) is 3.03. The van der Waals surface area contributed by atoms with Gasteiger partial charge in [-0.2, -0.15) is 0 Å². The van der Waals surface area contributed by atoms with Crippen molar-refractivity contribution in [2.75, 3.05) is 25.5 Å². The summed E-state index contributed by atoms with van der Waals surface area (Å²) in [6.45, 7) is 0.921. The maximum absolute atomic E-state index is 12.2. The molecule has 1 saturated heterocycles. The molecule has 5 heteroatoms. The Bertz CT molecular complexity index is 575. The van der Waals surface area contributed by atoms with Gasteiger partial charge in [-0.15, -0.1) is 0 Å². The summed E-state index contributed by atoms with van der Waals surface area (Å²) in [7, 11) is 3.63. The van der Waals surface area contributed by atoms with Crippen molar-refractivity contribution in [3.8, 4) is 0 Å². The lowest BCUT2D eigenvalue weighted by molar-refractivity contribution is -0.129. The van der Waals surface area contributed by atoms with E-state index < -0.39 is 0 Å². The number of para-hydroxylation sites is 1. The second kappa shape index (κ2) is 4.81.